The van der Waals surface area contributed by atoms with Gasteiger partial charge in [-0.2, -0.15) is 5.26 Å². The molecular formula is C23H14BrClN2O3. The van der Waals surface area contributed by atoms with Crippen LogP contribution in [-0.2, 0) is 4.79 Å². The van der Waals surface area contributed by atoms with Crippen LogP contribution in [0, 0.1) is 11.3 Å². The first-order valence-electron chi connectivity index (χ1n) is 8.71. The SMILES string of the molecule is N#C/C(=C/c1ccc(OC(=O)c2cccc(Cl)c2)cc1)C(=O)Nc1ccc(Br)cc1. The molecule has 30 heavy (non-hydrogen) atoms. The maximum Gasteiger partial charge on any atom is 0.343 e. The van der Waals surface area contributed by atoms with E-state index in [0.717, 1.165) is 4.47 Å². The van der Waals surface area contributed by atoms with Crippen LogP contribution in [-0.4, -0.2) is 11.9 Å². The fraction of sp³-hybridized carbons (Fsp3) is 0. The van der Waals surface area contributed by atoms with Gasteiger partial charge in [0.05, 0.1) is 5.56 Å². The molecule has 0 aromatic heterocycles. The molecule has 148 valence electrons. The molecule has 0 radical (unpaired) electrons. The lowest BCUT2D eigenvalue weighted by atomic mass is 10.1. The van der Waals surface area contributed by atoms with Gasteiger partial charge in [0.2, 0.25) is 0 Å². The summed E-state index contributed by atoms with van der Waals surface area (Å²) >= 11 is 9.20. The van der Waals surface area contributed by atoms with E-state index in [9.17, 15) is 14.9 Å². The highest BCUT2D eigenvalue weighted by Crippen LogP contribution is 2.19. The van der Waals surface area contributed by atoms with E-state index in [4.69, 9.17) is 16.3 Å². The van der Waals surface area contributed by atoms with Crippen LogP contribution < -0.4 is 10.1 Å². The summed E-state index contributed by atoms with van der Waals surface area (Å²) in [6.07, 6.45) is 1.46. The van der Waals surface area contributed by atoms with Crippen LogP contribution in [0.25, 0.3) is 6.08 Å². The molecule has 3 aromatic rings. The number of nitriles is 1. The number of carbonyl (C=O) groups excluding carboxylic acids is 2. The Labute approximate surface area is 186 Å². The van der Waals surface area contributed by atoms with Gasteiger partial charge in [-0.15, -0.1) is 0 Å². The number of carbonyl (C=O) groups is 2. The van der Waals surface area contributed by atoms with Gasteiger partial charge in [-0.1, -0.05) is 45.7 Å². The number of nitrogens with zero attached hydrogens (tertiary/aromatic N) is 1. The quantitative estimate of drug-likeness (QED) is 0.214. The van der Waals surface area contributed by atoms with E-state index in [1.807, 2.05) is 6.07 Å². The number of nitrogens with one attached hydrogen (secondary N) is 1. The molecule has 0 atom stereocenters. The largest absolute Gasteiger partial charge is 0.423 e. The fourth-order valence-electron chi connectivity index (χ4n) is 2.46. The van der Waals surface area contributed by atoms with Crippen LogP contribution >= 0.6 is 27.5 Å². The first kappa shape index (κ1) is 21.3. The zero-order valence-electron chi connectivity index (χ0n) is 15.4. The van der Waals surface area contributed by atoms with E-state index in [1.54, 1.807) is 66.7 Å². The summed E-state index contributed by atoms with van der Waals surface area (Å²) in [4.78, 5) is 24.5. The van der Waals surface area contributed by atoms with Crippen molar-refractivity contribution in [3.05, 3.63) is 99.0 Å². The van der Waals surface area contributed by atoms with Crippen molar-refractivity contribution >= 4 is 51.2 Å². The zero-order valence-corrected chi connectivity index (χ0v) is 17.8. The molecule has 5 nitrogen and oxygen atoms in total. The van der Waals surface area contributed by atoms with Gasteiger partial charge < -0.3 is 10.1 Å². The number of rotatable bonds is 5. The average molecular weight is 482 g/mol. The maximum atomic E-state index is 12.3. The molecule has 3 aromatic carbocycles. The van der Waals surface area contributed by atoms with Crippen LogP contribution in [0.1, 0.15) is 15.9 Å². The monoisotopic (exact) mass is 480 g/mol. The van der Waals surface area contributed by atoms with Crippen LogP contribution in [0.3, 0.4) is 0 Å². The third-order valence-corrected chi connectivity index (χ3v) is 4.69. The van der Waals surface area contributed by atoms with E-state index in [-0.39, 0.29) is 5.57 Å². The van der Waals surface area contributed by atoms with Crippen molar-refractivity contribution in [3.8, 4) is 11.8 Å². The van der Waals surface area contributed by atoms with E-state index in [1.165, 1.54) is 12.1 Å². The number of hydrogen-bond donors (Lipinski definition) is 1. The van der Waals surface area contributed by atoms with Gasteiger partial charge in [0, 0.05) is 15.2 Å². The molecule has 1 N–H and O–H groups in total. The second kappa shape index (κ2) is 9.88. The second-order valence-electron chi connectivity index (χ2n) is 6.10. The third-order valence-electron chi connectivity index (χ3n) is 3.93. The van der Waals surface area contributed by atoms with Crippen molar-refractivity contribution in [2.45, 2.75) is 0 Å². The minimum absolute atomic E-state index is 0.0541. The number of halogens is 2. The maximum absolute atomic E-state index is 12.3. The smallest absolute Gasteiger partial charge is 0.343 e. The number of anilines is 1. The molecule has 0 fully saturated rings. The molecule has 7 heteroatoms. The van der Waals surface area contributed by atoms with Crippen molar-refractivity contribution in [2.24, 2.45) is 0 Å². The molecule has 3 rings (SSSR count). The lowest BCUT2D eigenvalue weighted by Gasteiger charge is -2.06. The van der Waals surface area contributed by atoms with Gasteiger partial charge in [0.25, 0.3) is 5.91 Å². The van der Waals surface area contributed by atoms with Crippen molar-refractivity contribution in [1.29, 1.82) is 5.26 Å². The molecule has 0 saturated heterocycles. The summed E-state index contributed by atoms with van der Waals surface area (Å²) in [5.74, 6) is -0.724. The van der Waals surface area contributed by atoms with Crippen molar-refractivity contribution in [1.82, 2.24) is 0 Å². The van der Waals surface area contributed by atoms with Crippen molar-refractivity contribution in [2.75, 3.05) is 5.32 Å². The summed E-state index contributed by atoms with van der Waals surface area (Å²) in [7, 11) is 0. The standard InChI is InChI=1S/C23H14BrClN2O3/c24-18-6-8-20(9-7-18)27-22(28)17(14-26)12-15-4-10-21(11-5-15)30-23(29)16-2-1-3-19(25)13-16/h1-13H,(H,27,28)/b17-12-. The van der Waals surface area contributed by atoms with Crippen molar-refractivity contribution in [3.63, 3.8) is 0 Å². The Morgan fingerprint density at radius 1 is 1.03 bits per heavy atom. The first-order chi connectivity index (χ1) is 14.4. The summed E-state index contributed by atoms with van der Waals surface area (Å²) in [6, 6.07) is 21.8. The summed E-state index contributed by atoms with van der Waals surface area (Å²) in [5.41, 5.74) is 1.47. The van der Waals surface area contributed by atoms with E-state index < -0.39 is 11.9 Å². The van der Waals surface area contributed by atoms with Gasteiger partial charge in [0.1, 0.15) is 17.4 Å². The topological polar surface area (TPSA) is 79.2 Å². The molecule has 1 amide bonds. The predicted octanol–water partition coefficient (Wildman–Crippen LogP) is 5.87. The number of ether oxygens (including phenoxy) is 1. The van der Waals surface area contributed by atoms with Gasteiger partial charge in [-0.3, -0.25) is 4.79 Å². The average Bonchev–Trinajstić information content (AvgIpc) is 2.74. The first-order valence-corrected chi connectivity index (χ1v) is 9.88. The molecule has 0 heterocycles. The predicted molar refractivity (Wildman–Crippen MR) is 119 cm³/mol. The van der Waals surface area contributed by atoms with Gasteiger partial charge in [0.15, 0.2) is 0 Å². The second-order valence-corrected chi connectivity index (χ2v) is 7.45. The molecule has 0 spiro atoms. The molecule has 0 saturated carbocycles. The van der Waals surface area contributed by atoms with Crippen LogP contribution in [0.15, 0.2) is 82.8 Å². The third kappa shape index (κ3) is 5.80. The lowest BCUT2D eigenvalue weighted by molar-refractivity contribution is -0.112. The minimum atomic E-state index is -0.535. The van der Waals surface area contributed by atoms with Crippen LogP contribution in [0.4, 0.5) is 5.69 Å². The Bertz CT molecular complexity index is 1150. The van der Waals surface area contributed by atoms with Crippen LogP contribution in [0.5, 0.6) is 5.75 Å². The highest BCUT2D eigenvalue weighted by Gasteiger charge is 2.11. The Balaban J connectivity index is 1.68. The van der Waals surface area contributed by atoms with E-state index in [0.29, 0.717) is 27.6 Å². The summed E-state index contributed by atoms with van der Waals surface area (Å²) in [6.45, 7) is 0. The number of hydrogen-bond acceptors (Lipinski definition) is 4. The highest BCUT2D eigenvalue weighted by atomic mass is 79.9. The fourth-order valence-corrected chi connectivity index (χ4v) is 2.92. The molecule has 0 aliphatic rings. The van der Waals surface area contributed by atoms with Crippen LogP contribution in [0.2, 0.25) is 5.02 Å². The Morgan fingerprint density at radius 3 is 2.37 bits per heavy atom. The van der Waals surface area contributed by atoms with Gasteiger partial charge in [-0.05, 0) is 66.2 Å². The number of esters is 1. The molecule has 0 bridgehead atoms. The molecular weight excluding hydrogens is 468 g/mol. The molecule has 0 aliphatic carbocycles. The van der Waals surface area contributed by atoms with Gasteiger partial charge >= 0.3 is 5.97 Å². The molecule has 0 aliphatic heterocycles. The Kier molecular flexibility index (Phi) is 7.02. The Hall–Kier alpha value is -3.40. The van der Waals surface area contributed by atoms with E-state index >= 15 is 0 Å². The number of benzene rings is 3. The normalized spacial score (nSPS) is 10.8. The summed E-state index contributed by atoms with van der Waals surface area (Å²) in [5, 5.41) is 12.4. The van der Waals surface area contributed by atoms with Crippen molar-refractivity contribution < 1.29 is 14.3 Å². The lowest BCUT2D eigenvalue weighted by Crippen LogP contribution is -2.13. The minimum Gasteiger partial charge on any atom is -0.423 e. The summed E-state index contributed by atoms with van der Waals surface area (Å²) < 4.78 is 6.19. The van der Waals surface area contributed by atoms with Gasteiger partial charge in [-0.25, -0.2) is 4.79 Å². The highest BCUT2D eigenvalue weighted by molar-refractivity contribution is 9.10. The Morgan fingerprint density at radius 2 is 1.73 bits per heavy atom. The molecule has 0 unspecified atom stereocenters. The zero-order chi connectivity index (χ0) is 21.5. The van der Waals surface area contributed by atoms with E-state index in [2.05, 4.69) is 21.2 Å². The number of amides is 1.